The number of nitrogens with one attached hydrogen (secondary N) is 3. The van der Waals surface area contributed by atoms with Crippen LogP contribution in [0.15, 0.2) is 35.0 Å². The van der Waals surface area contributed by atoms with Gasteiger partial charge in [0.15, 0.2) is 0 Å². The lowest BCUT2D eigenvalue weighted by atomic mass is 10.0. The van der Waals surface area contributed by atoms with Crippen LogP contribution in [0.5, 0.6) is 0 Å². The number of hydrogen-bond donors (Lipinski definition) is 3. The van der Waals surface area contributed by atoms with Crippen LogP contribution in [0.2, 0.25) is 0 Å². The normalized spacial score (nSPS) is 18.1. The Bertz CT molecular complexity index is 1070. The minimum atomic E-state index is -0.973. The van der Waals surface area contributed by atoms with Gasteiger partial charge < -0.3 is 10.6 Å². The lowest BCUT2D eigenvalue weighted by Gasteiger charge is -2.27. The Morgan fingerprint density at radius 1 is 1.13 bits per heavy atom. The number of aryl methyl sites for hydroxylation is 1. The average molecular weight is 440 g/mol. The summed E-state index contributed by atoms with van der Waals surface area (Å²) in [7, 11) is 0. The maximum Gasteiger partial charge on any atom is 0.319 e. The van der Waals surface area contributed by atoms with Gasteiger partial charge in [-0.15, -0.1) is 0 Å². The van der Waals surface area contributed by atoms with E-state index in [0.717, 1.165) is 16.2 Å². The van der Waals surface area contributed by atoms with Crippen molar-refractivity contribution in [2.24, 2.45) is 0 Å². The number of piperidine rings is 1. The molecule has 1 fully saturated rings. The lowest BCUT2D eigenvalue weighted by molar-refractivity contribution is -0.136. The van der Waals surface area contributed by atoms with Gasteiger partial charge in [-0.3, -0.25) is 29.4 Å². The Hall–Kier alpha value is -3.53. The maximum absolute atomic E-state index is 12.8. The van der Waals surface area contributed by atoms with Crippen molar-refractivity contribution in [1.82, 2.24) is 15.5 Å². The van der Waals surface area contributed by atoms with Crippen molar-refractivity contribution < 1.29 is 24.0 Å². The van der Waals surface area contributed by atoms with Gasteiger partial charge in [-0.2, -0.15) is 11.3 Å². The molecule has 3 heterocycles. The summed E-state index contributed by atoms with van der Waals surface area (Å²) in [6.07, 6.45) is 1.46. The fraction of sp³-hybridized carbons (Fsp3) is 0.286. The smallest absolute Gasteiger partial charge is 0.319 e. The Labute approximate surface area is 181 Å². The summed E-state index contributed by atoms with van der Waals surface area (Å²) >= 11 is 1.49. The SMILES string of the molecule is O=C1CCC(N2C(=O)c3ccc(CCCNC(=O)Nc4ccsc4)cc3C2=O)C(=O)N1. The van der Waals surface area contributed by atoms with Crippen LogP contribution in [0.4, 0.5) is 10.5 Å². The number of imide groups is 2. The van der Waals surface area contributed by atoms with Gasteiger partial charge >= 0.3 is 6.03 Å². The Kier molecular flexibility index (Phi) is 5.81. The van der Waals surface area contributed by atoms with E-state index in [9.17, 15) is 24.0 Å². The largest absolute Gasteiger partial charge is 0.338 e. The summed E-state index contributed by atoms with van der Waals surface area (Å²) < 4.78 is 0. The molecule has 0 aliphatic carbocycles. The van der Waals surface area contributed by atoms with Crippen LogP contribution in [0.3, 0.4) is 0 Å². The molecular weight excluding hydrogens is 420 g/mol. The summed E-state index contributed by atoms with van der Waals surface area (Å²) in [5.74, 6) is -2.08. The van der Waals surface area contributed by atoms with E-state index >= 15 is 0 Å². The zero-order chi connectivity index (χ0) is 22.0. The van der Waals surface area contributed by atoms with Gasteiger partial charge in [-0.1, -0.05) is 6.07 Å². The first-order valence-corrected chi connectivity index (χ1v) is 10.8. The second-order valence-electron chi connectivity index (χ2n) is 7.32. The Morgan fingerprint density at radius 2 is 1.94 bits per heavy atom. The molecule has 160 valence electrons. The molecule has 31 heavy (non-hydrogen) atoms. The molecule has 2 aliphatic rings. The van der Waals surface area contributed by atoms with Gasteiger partial charge in [0.05, 0.1) is 16.8 Å². The highest BCUT2D eigenvalue weighted by molar-refractivity contribution is 7.08. The summed E-state index contributed by atoms with van der Waals surface area (Å²) in [6, 6.07) is 5.57. The predicted octanol–water partition coefficient (Wildman–Crippen LogP) is 1.90. The molecule has 2 aliphatic heterocycles. The van der Waals surface area contributed by atoms with E-state index in [1.165, 1.54) is 11.3 Å². The third kappa shape index (κ3) is 4.33. The second-order valence-corrected chi connectivity index (χ2v) is 8.10. The Morgan fingerprint density at radius 3 is 2.68 bits per heavy atom. The van der Waals surface area contributed by atoms with Gasteiger partial charge in [-0.05, 0) is 48.4 Å². The highest BCUT2D eigenvalue weighted by Crippen LogP contribution is 2.28. The predicted molar refractivity (Wildman–Crippen MR) is 113 cm³/mol. The molecule has 9 nitrogen and oxygen atoms in total. The maximum atomic E-state index is 12.8. The quantitative estimate of drug-likeness (QED) is 0.467. The van der Waals surface area contributed by atoms with Crippen LogP contribution in [-0.2, 0) is 16.0 Å². The molecule has 1 aromatic heterocycles. The highest BCUT2D eigenvalue weighted by Gasteiger charge is 2.44. The van der Waals surface area contributed by atoms with E-state index < -0.39 is 29.7 Å². The minimum Gasteiger partial charge on any atom is -0.338 e. The third-order valence-electron chi connectivity index (χ3n) is 5.21. The van der Waals surface area contributed by atoms with Crippen LogP contribution in [-0.4, -0.2) is 47.1 Å². The van der Waals surface area contributed by atoms with Crippen LogP contribution in [0.1, 0.15) is 45.5 Å². The van der Waals surface area contributed by atoms with Crippen molar-refractivity contribution in [1.29, 1.82) is 0 Å². The first-order chi connectivity index (χ1) is 14.9. The number of fused-ring (bicyclic) bond motifs is 1. The molecule has 1 atom stereocenters. The summed E-state index contributed by atoms with van der Waals surface area (Å²) in [6.45, 7) is 0.447. The first-order valence-electron chi connectivity index (χ1n) is 9.85. The van der Waals surface area contributed by atoms with Crippen molar-refractivity contribution >= 4 is 46.7 Å². The van der Waals surface area contributed by atoms with Crippen molar-refractivity contribution in [2.45, 2.75) is 31.7 Å². The molecule has 1 saturated heterocycles. The molecule has 0 bridgehead atoms. The zero-order valence-corrected chi connectivity index (χ0v) is 17.3. The van der Waals surface area contributed by atoms with Gasteiger partial charge in [0.1, 0.15) is 6.04 Å². The molecule has 4 rings (SSSR count). The molecule has 10 heteroatoms. The van der Waals surface area contributed by atoms with Gasteiger partial charge in [0.2, 0.25) is 11.8 Å². The number of carbonyl (C=O) groups is 5. The molecule has 0 spiro atoms. The van der Waals surface area contributed by atoms with Crippen molar-refractivity contribution in [2.75, 3.05) is 11.9 Å². The van der Waals surface area contributed by atoms with Crippen molar-refractivity contribution in [3.8, 4) is 0 Å². The first kappa shape index (κ1) is 20.7. The molecule has 1 unspecified atom stereocenters. The van der Waals surface area contributed by atoms with Crippen LogP contribution in [0, 0.1) is 0 Å². The lowest BCUT2D eigenvalue weighted by Crippen LogP contribution is -2.54. The van der Waals surface area contributed by atoms with Crippen molar-refractivity contribution in [3.63, 3.8) is 0 Å². The van der Waals surface area contributed by atoms with Crippen LogP contribution >= 0.6 is 11.3 Å². The number of nitrogens with zero attached hydrogens (tertiary/aromatic N) is 1. The second kappa shape index (κ2) is 8.68. The fourth-order valence-corrected chi connectivity index (χ4v) is 4.27. The molecule has 1 aromatic carbocycles. The molecule has 2 aromatic rings. The van der Waals surface area contributed by atoms with E-state index in [-0.39, 0.29) is 30.0 Å². The topological polar surface area (TPSA) is 125 Å². The van der Waals surface area contributed by atoms with Gasteiger partial charge in [0.25, 0.3) is 11.8 Å². The number of thiophene rings is 1. The highest BCUT2D eigenvalue weighted by atomic mass is 32.1. The Balaban J connectivity index is 1.34. The molecule has 3 N–H and O–H groups in total. The fourth-order valence-electron chi connectivity index (χ4n) is 3.68. The van der Waals surface area contributed by atoms with E-state index in [2.05, 4.69) is 16.0 Å². The number of carbonyl (C=O) groups excluding carboxylic acids is 5. The standard InChI is InChI=1S/C21H20N4O5S/c26-17-6-5-16(18(27)24-17)25-19(28)14-4-3-12(10-15(14)20(25)29)2-1-8-22-21(30)23-13-7-9-31-11-13/h3-4,7,9-11,16H,1-2,5-6,8H2,(H2,22,23,30)(H,24,26,27). The number of urea groups is 1. The molecule has 0 saturated carbocycles. The van der Waals surface area contributed by atoms with Crippen molar-refractivity contribution in [3.05, 3.63) is 51.7 Å². The van der Waals surface area contributed by atoms with Gasteiger partial charge in [0, 0.05) is 18.3 Å². The van der Waals surface area contributed by atoms with Gasteiger partial charge in [-0.25, -0.2) is 4.79 Å². The van der Waals surface area contributed by atoms with E-state index in [0.29, 0.717) is 19.4 Å². The summed E-state index contributed by atoms with van der Waals surface area (Å²) in [5.41, 5.74) is 2.11. The number of rotatable bonds is 6. The minimum absolute atomic E-state index is 0.0854. The molecule has 6 amide bonds. The summed E-state index contributed by atoms with van der Waals surface area (Å²) in [5, 5.41) is 11.4. The monoisotopic (exact) mass is 440 g/mol. The van der Waals surface area contributed by atoms with E-state index in [1.807, 2.05) is 16.8 Å². The number of benzene rings is 1. The van der Waals surface area contributed by atoms with E-state index in [1.54, 1.807) is 18.2 Å². The van der Waals surface area contributed by atoms with Crippen LogP contribution < -0.4 is 16.0 Å². The third-order valence-corrected chi connectivity index (χ3v) is 5.89. The molecular formula is C21H20N4O5S. The number of amides is 6. The van der Waals surface area contributed by atoms with E-state index in [4.69, 9.17) is 0 Å². The number of hydrogen-bond acceptors (Lipinski definition) is 6. The van der Waals surface area contributed by atoms with Crippen LogP contribution in [0.25, 0.3) is 0 Å². The summed E-state index contributed by atoms with van der Waals surface area (Å²) in [4.78, 5) is 61.8. The number of anilines is 1. The zero-order valence-electron chi connectivity index (χ0n) is 16.5. The average Bonchev–Trinajstić information content (AvgIpc) is 3.33. The molecule has 0 radical (unpaired) electrons.